The van der Waals surface area contributed by atoms with Crippen LogP contribution in [0.1, 0.15) is 13.3 Å². The summed E-state index contributed by atoms with van der Waals surface area (Å²) in [6.07, 6.45) is 4.26. The monoisotopic (exact) mass is 282 g/mol. The molecule has 0 aliphatic heterocycles. The lowest BCUT2D eigenvalue weighted by Crippen LogP contribution is -2.11. The predicted molar refractivity (Wildman–Crippen MR) is 71.6 cm³/mol. The van der Waals surface area contributed by atoms with Crippen LogP contribution in [0.4, 0.5) is 5.95 Å². The molecule has 0 saturated carbocycles. The molecule has 0 unspecified atom stereocenters. The topological polar surface area (TPSA) is 77.8 Å². The van der Waals surface area contributed by atoms with Gasteiger partial charge in [-0.2, -0.15) is 20.1 Å². The first kappa shape index (κ1) is 13.7. The van der Waals surface area contributed by atoms with E-state index in [9.17, 15) is 0 Å². The van der Waals surface area contributed by atoms with Crippen LogP contribution in [0, 0.1) is 0 Å². The molecule has 2 aromatic heterocycles. The van der Waals surface area contributed by atoms with Gasteiger partial charge < -0.3 is 10.1 Å². The van der Waals surface area contributed by atoms with Crippen LogP contribution in [0.5, 0.6) is 0 Å². The number of ether oxygens (including phenoxy) is 1. The molecule has 2 heterocycles. The van der Waals surface area contributed by atoms with Gasteiger partial charge in [-0.3, -0.25) is 0 Å². The molecule has 0 aliphatic carbocycles. The number of hydrogen-bond acceptors (Lipinski definition) is 6. The van der Waals surface area contributed by atoms with Gasteiger partial charge in [0.1, 0.15) is 0 Å². The van der Waals surface area contributed by atoms with Gasteiger partial charge in [0.05, 0.1) is 0 Å². The highest BCUT2D eigenvalue weighted by Gasteiger charge is 2.06. The van der Waals surface area contributed by atoms with Gasteiger partial charge in [-0.25, -0.2) is 4.68 Å². The van der Waals surface area contributed by atoms with Gasteiger partial charge in [0.15, 0.2) is 0 Å². The molecule has 2 aromatic rings. The molecule has 8 heteroatoms. The molecule has 0 atom stereocenters. The van der Waals surface area contributed by atoms with E-state index in [1.54, 1.807) is 18.5 Å². The lowest BCUT2D eigenvalue weighted by atomic mass is 10.4. The Morgan fingerprint density at radius 1 is 1.37 bits per heavy atom. The normalized spacial score (nSPS) is 10.6. The van der Waals surface area contributed by atoms with Gasteiger partial charge in [-0.15, -0.1) is 0 Å². The Kier molecular flexibility index (Phi) is 5.05. The lowest BCUT2D eigenvalue weighted by molar-refractivity contribution is 0.147. The van der Waals surface area contributed by atoms with Crippen molar-refractivity contribution in [3.05, 3.63) is 23.7 Å². The van der Waals surface area contributed by atoms with Crippen LogP contribution in [0.25, 0.3) is 5.95 Å². The first-order valence-corrected chi connectivity index (χ1v) is 6.40. The smallest absolute Gasteiger partial charge is 0.256 e. The van der Waals surface area contributed by atoms with Gasteiger partial charge >= 0.3 is 0 Å². The van der Waals surface area contributed by atoms with E-state index >= 15 is 0 Å². The molecule has 0 saturated heterocycles. The fraction of sp³-hybridized carbons (Fsp3) is 0.455. The number of nitrogens with one attached hydrogen (secondary N) is 1. The van der Waals surface area contributed by atoms with Crippen LogP contribution in [0.2, 0.25) is 5.28 Å². The molecule has 7 nitrogen and oxygen atoms in total. The van der Waals surface area contributed by atoms with E-state index in [1.165, 1.54) is 4.68 Å². The van der Waals surface area contributed by atoms with Crippen molar-refractivity contribution in [1.82, 2.24) is 24.7 Å². The highest BCUT2D eigenvalue weighted by molar-refractivity contribution is 6.28. The maximum atomic E-state index is 5.86. The molecule has 0 radical (unpaired) electrons. The van der Waals surface area contributed by atoms with E-state index in [4.69, 9.17) is 16.3 Å². The molecule has 2 rings (SSSR count). The summed E-state index contributed by atoms with van der Waals surface area (Å²) in [7, 11) is 0. The SMILES string of the molecule is CCOCCCNc1nc(Cl)nc(-n2cccn2)n1. The Hall–Kier alpha value is -1.73. The number of rotatable bonds is 7. The minimum atomic E-state index is 0.132. The number of nitrogens with zero attached hydrogens (tertiary/aromatic N) is 5. The summed E-state index contributed by atoms with van der Waals surface area (Å²) < 4.78 is 6.77. The predicted octanol–water partition coefficient (Wildman–Crippen LogP) is 1.55. The molecule has 0 amide bonds. The average Bonchev–Trinajstić information content (AvgIpc) is 2.92. The van der Waals surface area contributed by atoms with Crippen LogP contribution in [0.15, 0.2) is 18.5 Å². The molecular weight excluding hydrogens is 268 g/mol. The van der Waals surface area contributed by atoms with Crippen LogP contribution in [-0.4, -0.2) is 44.5 Å². The molecule has 0 bridgehead atoms. The second-order valence-electron chi connectivity index (χ2n) is 3.66. The third-order valence-electron chi connectivity index (χ3n) is 2.26. The molecule has 19 heavy (non-hydrogen) atoms. The maximum absolute atomic E-state index is 5.86. The van der Waals surface area contributed by atoms with Gasteiger partial charge in [-0.1, -0.05) is 0 Å². The zero-order chi connectivity index (χ0) is 13.5. The summed E-state index contributed by atoms with van der Waals surface area (Å²) in [6.45, 7) is 4.10. The van der Waals surface area contributed by atoms with Crippen molar-refractivity contribution in [1.29, 1.82) is 0 Å². The van der Waals surface area contributed by atoms with Gasteiger partial charge in [-0.05, 0) is 31.0 Å². The van der Waals surface area contributed by atoms with E-state index in [-0.39, 0.29) is 5.28 Å². The minimum Gasteiger partial charge on any atom is -0.382 e. The summed E-state index contributed by atoms with van der Waals surface area (Å²) in [5.74, 6) is 0.819. The Morgan fingerprint density at radius 2 is 2.26 bits per heavy atom. The Morgan fingerprint density at radius 3 is 3.00 bits per heavy atom. The summed E-state index contributed by atoms with van der Waals surface area (Å²) in [5, 5.41) is 7.26. The fourth-order valence-electron chi connectivity index (χ4n) is 1.43. The summed E-state index contributed by atoms with van der Waals surface area (Å²) in [5.41, 5.74) is 0. The highest BCUT2D eigenvalue weighted by atomic mass is 35.5. The third-order valence-corrected chi connectivity index (χ3v) is 2.43. The number of aromatic nitrogens is 5. The molecule has 0 spiro atoms. The van der Waals surface area contributed by atoms with Crippen molar-refractivity contribution < 1.29 is 4.74 Å². The Bertz CT molecular complexity index is 504. The number of hydrogen-bond donors (Lipinski definition) is 1. The van der Waals surface area contributed by atoms with Crippen LogP contribution in [0.3, 0.4) is 0 Å². The quantitative estimate of drug-likeness (QED) is 0.776. The van der Waals surface area contributed by atoms with E-state index in [0.29, 0.717) is 25.0 Å². The first-order valence-electron chi connectivity index (χ1n) is 6.03. The lowest BCUT2D eigenvalue weighted by Gasteiger charge is -2.06. The van der Waals surface area contributed by atoms with E-state index < -0.39 is 0 Å². The minimum absolute atomic E-state index is 0.132. The van der Waals surface area contributed by atoms with Crippen LogP contribution < -0.4 is 5.32 Å². The van der Waals surface area contributed by atoms with Gasteiger partial charge in [0.25, 0.3) is 5.95 Å². The molecule has 0 aromatic carbocycles. The largest absolute Gasteiger partial charge is 0.382 e. The summed E-state index contributed by atoms with van der Waals surface area (Å²) >= 11 is 5.86. The van der Waals surface area contributed by atoms with E-state index in [1.807, 2.05) is 6.92 Å². The molecule has 1 N–H and O–H groups in total. The molecular formula is C11H15ClN6O. The van der Waals surface area contributed by atoms with Crippen LogP contribution >= 0.6 is 11.6 Å². The van der Waals surface area contributed by atoms with Crippen molar-refractivity contribution >= 4 is 17.5 Å². The summed E-state index contributed by atoms with van der Waals surface area (Å²) in [4.78, 5) is 12.3. The van der Waals surface area contributed by atoms with Crippen molar-refractivity contribution in [2.45, 2.75) is 13.3 Å². The zero-order valence-corrected chi connectivity index (χ0v) is 11.3. The zero-order valence-electron chi connectivity index (χ0n) is 10.6. The van der Waals surface area contributed by atoms with E-state index in [0.717, 1.165) is 13.0 Å². The van der Waals surface area contributed by atoms with Gasteiger partial charge in [0.2, 0.25) is 11.2 Å². The molecule has 102 valence electrons. The first-order chi connectivity index (χ1) is 9.29. The number of anilines is 1. The standard InChI is InChI=1S/C11H15ClN6O/c1-2-19-8-4-5-13-10-15-9(12)16-11(17-10)18-7-3-6-14-18/h3,6-7H,2,4-5,8H2,1H3,(H,13,15,16,17). The van der Waals surface area contributed by atoms with Crippen molar-refractivity contribution in [2.75, 3.05) is 25.1 Å². The van der Waals surface area contributed by atoms with Gasteiger partial charge in [0, 0.05) is 32.2 Å². The fourth-order valence-corrected chi connectivity index (χ4v) is 1.58. The van der Waals surface area contributed by atoms with Crippen molar-refractivity contribution in [2.24, 2.45) is 0 Å². The molecule has 0 fully saturated rings. The van der Waals surface area contributed by atoms with Crippen molar-refractivity contribution in [3.63, 3.8) is 0 Å². The second-order valence-corrected chi connectivity index (χ2v) is 3.99. The maximum Gasteiger partial charge on any atom is 0.256 e. The highest BCUT2D eigenvalue weighted by Crippen LogP contribution is 2.08. The second kappa shape index (κ2) is 7.01. The van der Waals surface area contributed by atoms with E-state index in [2.05, 4.69) is 25.4 Å². The molecule has 0 aliphatic rings. The third kappa shape index (κ3) is 4.15. The average molecular weight is 283 g/mol. The number of halogens is 1. The summed E-state index contributed by atoms with van der Waals surface area (Å²) in [6, 6.07) is 1.78. The Balaban J connectivity index is 1.97. The van der Waals surface area contributed by atoms with Crippen molar-refractivity contribution in [3.8, 4) is 5.95 Å². The van der Waals surface area contributed by atoms with Crippen LogP contribution in [-0.2, 0) is 4.74 Å². The Labute approximate surface area is 116 Å².